The molecule has 6 heteroatoms. The van der Waals surface area contributed by atoms with Crippen molar-refractivity contribution in [1.82, 2.24) is 4.90 Å². The molecule has 2 aliphatic rings. The fraction of sp³-hybridized carbons (Fsp3) is 0.333. The Balaban J connectivity index is 1.58. The van der Waals surface area contributed by atoms with Crippen LogP contribution in [-0.4, -0.2) is 42.8 Å². The Morgan fingerprint density at radius 2 is 1.87 bits per heavy atom. The molecule has 0 atom stereocenters. The second kappa shape index (κ2) is 7.52. The van der Waals surface area contributed by atoms with Gasteiger partial charge in [-0.15, -0.1) is 0 Å². The summed E-state index contributed by atoms with van der Waals surface area (Å²) in [6.45, 7) is 7.08. The van der Waals surface area contributed by atoms with Crippen molar-refractivity contribution >= 4 is 17.6 Å². The van der Waals surface area contributed by atoms with Crippen LogP contribution in [0.15, 0.2) is 42.5 Å². The van der Waals surface area contributed by atoms with E-state index in [1.165, 1.54) is 7.11 Å². The van der Waals surface area contributed by atoms with Gasteiger partial charge >= 0.3 is 12.1 Å². The second-order valence-corrected chi connectivity index (χ2v) is 8.45. The molecule has 0 unspecified atom stereocenters. The van der Waals surface area contributed by atoms with E-state index >= 15 is 0 Å². The predicted molar refractivity (Wildman–Crippen MR) is 113 cm³/mol. The van der Waals surface area contributed by atoms with E-state index in [1.54, 1.807) is 17.0 Å². The van der Waals surface area contributed by atoms with Gasteiger partial charge in [0.2, 0.25) is 0 Å². The summed E-state index contributed by atoms with van der Waals surface area (Å²) in [4.78, 5) is 25.9. The van der Waals surface area contributed by atoms with Gasteiger partial charge in [-0.25, -0.2) is 9.59 Å². The Kier molecular flexibility index (Phi) is 5.02. The molecule has 0 aliphatic carbocycles. The summed E-state index contributed by atoms with van der Waals surface area (Å²) in [5.41, 5.74) is 5.18. The van der Waals surface area contributed by atoms with Crippen LogP contribution in [-0.2, 0) is 16.1 Å². The normalized spacial score (nSPS) is 14.9. The highest BCUT2D eigenvalue weighted by Gasteiger charge is 2.27. The van der Waals surface area contributed by atoms with Crippen LogP contribution in [0.3, 0.4) is 0 Å². The maximum absolute atomic E-state index is 12.4. The maximum atomic E-state index is 12.4. The number of ether oxygens (including phenoxy) is 3. The minimum atomic E-state index is -0.515. The summed E-state index contributed by atoms with van der Waals surface area (Å²) in [6, 6.07) is 11.6. The molecule has 0 fully saturated rings. The molecule has 0 radical (unpaired) electrons. The van der Waals surface area contributed by atoms with Gasteiger partial charge in [-0.2, -0.15) is 0 Å². The van der Waals surface area contributed by atoms with E-state index in [9.17, 15) is 9.59 Å². The number of methoxy groups -OCH3 is 1. The lowest BCUT2D eigenvalue weighted by molar-refractivity contribution is 0.0306. The molecule has 156 valence electrons. The number of fused-ring (bicyclic) bond motifs is 3. The highest BCUT2D eigenvalue weighted by atomic mass is 16.6. The van der Waals surface area contributed by atoms with E-state index in [1.807, 2.05) is 26.8 Å². The maximum Gasteiger partial charge on any atom is 0.410 e. The monoisotopic (exact) mass is 407 g/mol. The largest absolute Gasteiger partial charge is 0.488 e. The van der Waals surface area contributed by atoms with E-state index in [0.717, 1.165) is 27.8 Å². The zero-order chi connectivity index (χ0) is 21.5. The second-order valence-electron chi connectivity index (χ2n) is 8.45. The molecule has 2 aliphatic heterocycles. The molecule has 2 heterocycles. The van der Waals surface area contributed by atoms with Gasteiger partial charge in [0.25, 0.3) is 0 Å². The fourth-order valence-corrected chi connectivity index (χ4v) is 3.65. The molecule has 1 amide bonds. The van der Waals surface area contributed by atoms with Gasteiger partial charge in [0.1, 0.15) is 18.0 Å². The van der Waals surface area contributed by atoms with Crippen LogP contribution in [0.5, 0.6) is 5.75 Å². The average molecular weight is 407 g/mol. The minimum Gasteiger partial charge on any atom is -0.488 e. The topological polar surface area (TPSA) is 65.1 Å². The van der Waals surface area contributed by atoms with Crippen LogP contribution in [0.1, 0.15) is 42.3 Å². The van der Waals surface area contributed by atoms with E-state index in [4.69, 9.17) is 14.2 Å². The first-order valence-corrected chi connectivity index (χ1v) is 9.91. The molecule has 0 N–H and O–H groups in total. The summed E-state index contributed by atoms with van der Waals surface area (Å²) in [5, 5.41) is 0. The van der Waals surface area contributed by atoms with Crippen LogP contribution >= 0.6 is 0 Å². The van der Waals surface area contributed by atoms with E-state index in [0.29, 0.717) is 31.0 Å². The highest BCUT2D eigenvalue weighted by molar-refractivity contribution is 5.92. The predicted octanol–water partition coefficient (Wildman–Crippen LogP) is 4.67. The number of rotatable bonds is 2. The van der Waals surface area contributed by atoms with Crippen molar-refractivity contribution in [3.63, 3.8) is 0 Å². The van der Waals surface area contributed by atoms with Crippen LogP contribution in [0.25, 0.3) is 16.7 Å². The molecule has 0 bridgehead atoms. The van der Waals surface area contributed by atoms with E-state index < -0.39 is 5.60 Å². The van der Waals surface area contributed by atoms with Crippen LogP contribution < -0.4 is 4.74 Å². The third-order valence-corrected chi connectivity index (χ3v) is 5.13. The van der Waals surface area contributed by atoms with Crippen molar-refractivity contribution in [2.75, 3.05) is 20.2 Å². The number of esters is 1. The summed E-state index contributed by atoms with van der Waals surface area (Å²) in [5.74, 6) is 0.276. The van der Waals surface area contributed by atoms with Gasteiger partial charge in [-0.1, -0.05) is 18.2 Å². The number of amides is 1. The zero-order valence-electron chi connectivity index (χ0n) is 17.7. The molecule has 0 saturated carbocycles. The Morgan fingerprint density at radius 1 is 1.07 bits per heavy atom. The van der Waals surface area contributed by atoms with Crippen LogP contribution in [0.4, 0.5) is 4.79 Å². The molecule has 0 saturated heterocycles. The molecular formula is C24H25NO5. The first-order valence-electron chi connectivity index (χ1n) is 9.91. The zero-order valence-corrected chi connectivity index (χ0v) is 17.7. The van der Waals surface area contributed by atoms with Crippen LogP contribution in [0.2, 0.25) is 0 Å². The number of carbonyl (C=O) groups excluding carboxylic acids is 2. The first-order chi connectivity index (χ1) is 14.2. The average Bonchev–Trinajstić information content (AvgIpc) is 3.21. The molecule has 30 heavy (non-hydrogen) atoms. The van der Waals surface area contributed by atoms with Crippen molar-refractivity contribution in [2.45, 2.75) is 33.0 Å². The number of hydrogen-bond donors (Lipinski definition) is 0. The summed E-state index contributed by atoms with van der Waals surface area (Å²) >= 11 is 0. The lowest BCUT2D eigenvalue weighted by Crippen LogP contribution is -2.35. The first kappa shape index (κ1) is 20.0. The van der Waals surface area contributed by atoms with Gasteiger partial charge in [-0.05, 0) is 67.3 Å². The van der Waals surface area contributed by atoms with Gasteiger partial charge in [0, 0.05) is 18.7 Å². The number of nitrogens with zero attached hydrogens (tertiary/aromatic N) is 1. The number of hydrogen-bond acceptors (Lipinski definition) is 5. The van der Waals surface area contributed by atoms with Crippen molar-refractivity contribution in [1.29, 1.82) is 0 Å². The molecule has 0 aromatic heterocycles. The van der Waals surface area contributed by atoms with Crippen molar-refractivity contribution in [3.05, 3.63) is 59.2 Å². The Labute approximate surface area is 176 Å². The van der Waals surface area contributed by atoms with Gasteiger partial charge < -0.3 is 19.1 Å². The van der Waals surface area contributed by atoms with Crippen molar-refractivity contribution in [3.8, 4) is 16.9 Å². The molecule has 2 aromatic carbocycles. The highest BCUT2D eigenvalue weighted by Crippen LogP contribution is 2.39. The Hall–Kier alpha value is -3.28. The summed E-state index contributed by atoms with van der Waals surface area (Å²) in [7, 11) is 1.36. The van der Waals surface area contributed by atoms with Gasteiger partial charge in [0.05, 0.1) is 12.7 Å². The molecule has 4 rings (SSSR count). The lowest BCUT2D eigenvalue weighted by Gasteiger charge is -2.25. The Morgan fingerprint density at radius 3 is 2.60 bits per heavy atom. The van der Waals surface area contributed by atoms with Crippen molar-refractivity contribution < 1.29 is 23.8 Å². The molecule has 2 aromatic rings. The number of benzene rings is 2. The number of carbonyl (C=O) groups is 2. The lowest BCUT2D eigenvalue weighted by atomic mass is 9.92. The fourth-order valence-electron chi connectivity index (χ4n) is 3.65. The van der Waals surface area contributed by atoms with Crippen LogP contribution in [0, 0.1) is 0 Å². The molecule has 6 nitrogen and oxygen atoms in total. The van der Waals surface area contributed by atoms with Crippen molar-refractivity contribution in [2.24, 2.45) is 0 Å². The third-order valence-electron chi connectivity index (χ3n) is 5.13. The minimum absolute atomic E-state index is 0.305. The smallest absolute Gasteiger partial charge is 0.410 e. The standard InChI is InChI=1S/C24H25NO5/c1-24(2,3)30-23(27)25-10-9-17(13-25)15-5-6-18-14-29-21-12-16(22(26)28-4)7-8-19(21)20(18)11-15/h5-9,11-12H,10,13-14H2,1-4H3. The molecular weight excluding hydrogens is 382 g/mol. The van der Waals surface area contributed by atoms with Gasteiger partial charge in [-0.3, -0.25) is 0 Å². The Bertz CT molecular complexity index is 1050. The summed E-state index contributed by atoms with van der Waals surface area (Å²) in [6.07, 6.45) is 1.76. The van der Waals surface area contributed by atoms with E-state index in [2.05, 4.69) is 24.3 Å². The van der Waals surface area contributed by atoms with Gasteiger partial charge in [0.15, 0.2) is 0 Å². The SMILES string of the molecule is COC(=O)c1ccc2c(c1)OCc1ccc(C3=CCN(C(=O)OC(C)(C)C)C3)cc1-2. The molecule has 0 spiro atoms. The quantitative estimate of drug-likeness (QED) is 0.677. The van der Waals surface area contributed by atoms with E-state index in [-0.39, 0.29) is 12.1 Å². The third kappa shape index (κ3) is 3.90. The summed E-state index contributed by atoms with van der Waals surface area (Å²) < 4.78 is 16.1.